The van der Waals surface area contributed by atoms with Crippen molar-refractivity contribution in [2.24, 2.45) is 0 Å². The first-order valence-corrected chi connectivity index (χ1v) is 13.1. The van der Waals surface area contributed by atoms with Crippen molar-refractivity contribution in [3.05, 3.63) is 71.3 Å². The Hall–Kier alpha value is -2.46. The minimum Gasteiger partial charge on any atom is -0.462 e. The number of hydrogen-bond acceptors (Lipinski definition) is 3. The zero-order chi connectivity index (χ0) is 23.8. The standard InChI is InChI=1S/C29H34O3S/c1-6-7-17-32-27(30)24-10-8-9-20-18-21(11-13-23(20)24)33(31)22-12-14-25-26(19-22)29(4,5)16-15-28(25,2)3/h8-14,18-19H,6-7,15-17H2,1-5H3. The highest BCUT2D eigenvalue weighted by molar-refractivity contribution is 7.85. The predicted molar refractivity (Wildman–Crippen MR) is 136 cm³/mol. The fraction of sp³-hybridized carbons (Fsp3) is 0.414. The van der Waals surface area contributed by atoms with Gasteiger partial charge < -0.3 is 4.74 Å². The van der Waals surface area contributed by atoms with Crippen molar-refractivity contribution in [3.8, 4) is 0 Å². The van der Waals surface area contributed by atoms with Crippen LogP contribution in [0.15, 0.2) is 64.4 Å². The second kappa shape index (κ2) is 9.06. The summed E-state index contributed by atoms with van der Waals surface area (Å²) in [5.41, 5.74) is 3.43. The van der Waals surface area contributed by atoms with Gasteiger partial charge in [0, 0.05) is 9.79 Å². The van der Waals surface area contributed by atoms with E-state index in [1.165, 1.54) is 11.1 Å². The van der Waals surface area contributed by atoms with Gasteiger partial charge >= 0.3 is 5.97 Å². The van der Waals surface area contributed by atoms with Crippen molar-refractivity contribution in [1.82, 2.24) is 0 Å². The molecule has 0 aromatic heterocycles. The van der Waals surface area contributed by atoms with Crippen LogP contribution in [-0.2, 0) is 26.4 Å². The number of rotatable bonds is 6. The summed E-state index contributed by atoms with van der Waals surface area (Å²) in [5, 5.41) is 1.72. The van der Waals surface area contributed by atoms with E-state index in [1.807, 2.05) is 36.4 Å². The Labute approximate surface area is 200 Å². The molecule has 1 aliphatic rings. The second-order valence-corrected chi connectivity index (χ2v) is 11.9. The molecule has 0 saturated heterocycles. The number of ether oxygens (including phenoxy) is 1. The molecule has 3 nitrogen and oxygen atoms in total. The van der Waals surface area contributed by atoms with Crippen molar-refractivity contribution in [2.75, 3.05) is 6.61 Å². The van der Waals surface area contributed by atoms with E-state index in [-0.39, 0.29) is 16.8 Å². The lowest BCUT2D eigenvalue weighted by molar-refractivity contribution is 0.0502. The lowest BCUT2D eigenvalue weighted by Gasteiger charge is -2.42. The number of carbonyl (C=O) groups is 1. The maximum atomic E-state index is 13.6. The van der Waals surface area contributed by atoms with Crippen LogP contribution < -0.4 is 0 Å². The average molecular weight is 463 g/mol. The first-order valence-electron chi connectivity index (χ1n) is 11.9. The van der Waals surface area contributed by atoms with Gasteiger partial charge in [0.2, 0.25) is 0 Å². The third-order valence-corrected chi connectivity index (χ3v) is 8.42. The molecule has 0 bridgehead atoms. The second-order valence-electron chi connectivity index (χ2n) is 10.4. The molecule has 1 unspecified atom stereocenters. The molecule has 3 aromatic rings. The Kier molecular flexibility index (Phi) is 6.50. The van der Waals surface area contributed by atoms with E-state index in [9.17, 15) is 9.00 Å². The fourth-order valence-corrected chi connectivity index (χ4v) is 5.88. The van der Waals surface area contributed by atoms with Gasteiger partial charge in [0.1, 0.15) is 0 Å². The third-order valence-electron chi connectivity index (χ3n) is 7.06. The van der Waals surface area contributed by atoms with Crippen LogP contribution in [0.5, 0.6) is 0 Å². The van der Waals surface area contributed by atoms with Crippen molar-refractivity contribution in [1.29, 1.82) is 0 Å². The minimum atomic E-state index is -1.30. The number of carbonyl (C=O) groups excluding carboxylic acids is 1. The molecule has 174 valence electrons. The molecular weight excluding hydrogens is 428 g/mol. The van der Waals surface area contributed by atoms with Crippen LogP contribution in [0.25, 0.3) is 10.8 Å². The van der Waals surface area contributed by atoms with Gasteiger partial charge in [0.15, 0.2) is 0 Å². The summed E-state index contributed by atoms with van der Waals surface area (Å²) in [6, 6.07) is 17.6. The van der Waals surface area contributed by atoms with Gasteiger partial charge in [0.25, 0.3) is 0 Å². The van der Waals surface area contributed by atoms with Crippen LogP contribution in [0, 0.1) is 0 Å². The Morgan fingerprint density at radius 2 is 1.58 bits per heavy atom. The fourth-order valence-electron chi connectivity index (χ4n) is 4.76. The van der Waals surface area contributed by atoms with Crippen molar-refractivity contribution in [2.45, 2.75) is 80.9 Å². The van der Waals surface area contributed by atoms with E-state index in [0.717, 1.165) is 46.2 Å². The molecule has 0 N–H and O–H groups in total. The molecule has 0 fully saturated rings. The smallest absolute Gasteiger partial charge is 0.338 e. The summed E-state index contributed by atoms with van der Waals surface area (Å²) < 4.78 is 19.0. The van der Waals surface area contributed by atoms with Crippen LogP contribution in [0.3, 0.4) is 0 Å². The number of unbranched alkanes of at least 4 members (excludes halogenated alkanes) is 1. The number of esters is 1. The predicted octanol–water partition coefficient (Wildman–Crippen LogP) is 7.31. The van der Waals surface area contributed by atoms with Crippen LogP contribution in [-0.4, -0.2) is 16.8 Å². The van der Waals surface area contributed by atoms with Gasteiger partial charge in [-0.3, -0.25) is 0 Å². The van der Waals surface area contributed by atoms with Crippen LogP contribution >= 0.6 is 0 Å². The SMILES string of the molecule is CCCCOC(=O)c1cccc2cc(S(=O)c3ccc4c(c3)C(C)(C)CCC4(C)C)ccc12. The van der Waals surface area contributed by atoms with E-state index in [1.54, 1.807) is 6.07 Å². The Balaban J connectivity index is 1.68. The molecule has 0 saturated carbocycles. The number of hydrogen-bond donors (Lipinski definition) is 0. The molecule has 0 aliphatic heterocycles. The molecule has 4 heteroatoms. The highest BCUT2D eigenvalue weighted by Crippen LogP contribution is 2.46. The average Bonchev–Trinajstić information content (AvgIpc) is 2.80. The van der Waals surface area contributed by atoms with Crippen LogP contribution in [0.1, 0.15) is 81.8 Å². The number of benzene rings is 3. The van der Waals surface area contributed by atoms with Gasteiger partial charge in [0.05, 0.1) is 23.0 Å². The summed E-state index contributed by atoms with van der Waals surface area (Å²) >= 11 is 0. The van der Waals surface area contributed by atoms with Crippen molar-refractivity contribution >= 4 is 27.5 Å². The van der Waals surface area contributed by atoms with Gasteiger partial charge in [-0.25, -0.2) is 9.00 Å². The topological polar surface area (TPSA) is 43.4 Å². The van der Waals surface area contributed by atoms with E-state index in [2.05, 4.69) is 46.8 Å². The molecule has 33 heavy (non-hydrogen) atoms. The van der Waals surface area contributed by atoms with Crippen molar-refractivity contribution < 1.29 is 13.7 Å². The molecule has 0 amide bonds. The van der Waals surface area contributed by atoms with Gasteiger partial charge in [-0.2, -0.15) is 0 Å². The molecular formula is C29H34O3S. The Morgan fingerprint density at radius 3 is 2.30 bits per heavy atom. The van der Waals surface area contributed by atoms with Crippen molar-refractivity contribution in [3.63, 3.8) is 0 Å². The molecule has 0 radical (unpaired) electrons. The largest absolute Gasteiger partial charge is 0.462 e. The minimum absolute atomic E-state index is 0.0709. The summed E-state index contributed by atoms with van der Waals surface area (Å²) in [5.74, 6) is -0.303. The summed E-state index contributed by atoms with van der Waals surface area (Å²) in [6.45, 7) is 11.7. The van der Waals surface area contributed by atoms with Gasteiger partial charge in [-0.15, -0.1) is 0 Å². The van der Waals surface area contributed by atoms with E-state index < -0.39 is 10.8 Å². The number of fused-ring (bicyclic) bond motifs is 2. The lowest BCUT2D eigenvalue weighted by atomic mass is 9.63. The van der Waals surface area contributed by atoms with E-state index >= 15 is 0 Å². The molecule has 0 spiro atoms. The lowest BCUT2D eigenvalue weighted by Crippen LogP contribution is -2.33. The third kappa shape index (κ3) is 4.63. The normalized spacial score (nSPS) is 17.4. The first-order chi connectivity index (χ1) is 15.6. The van der Waals surface area contributed by atoms with Crippen LogP contribution in [0.4, 0.5) is 0 Å². The molecule has 3 aromatic carbocycles. The summed E-state index contributed by atoms with van der Waals surface area (Å²) in [7, 11) is -1.30. The highest BCUT2D eigenvalue weighted by atomic mass is 32.2. The zero-order valence-electron chi connectivity index (χ0n) is 20.4. The highest BCUT2D eigenvalue weighted by Gasteiger charge is 2.37. The van der Waals surface area contributed by atoms with Gasteiger partial charge in [-0.1, -0.05) is 65.3 Å². The van der Waals surface area contributed by atoms with E-state index in [4.69, 9.17) is 4.74 Å². The maximum absolute atomic E-state index is 13.6. The molecule has 1 aliphatic carbocycles. The van der Waals surface area contributed by atoms with Gasteiger partial charge in [-0.05, 0) is 82.3 Å². The quantitative estimate of drug-likeness (QED) is 0.285. The van der Waals surface area contributed by atoms with Crippen LogP contribution in [0.2, 0.25) is 0 Å². The summed E-state index contributed by atoms with van der Waals surface area (Å²) in [6.07, 6.45) is 4.11. The Bertz CT molecular complexity index is 1220. The zero-order valence-corrected chi connectivity index (χ0v) is 21.2. The maximum Gasteiger partial charge on any atom is 0.338 e. The molecule has 0 heterocycles. The summed E-state index contributed by atoms with van der Waals surface area (Å²) in [4.78, 5) is 14.1. The Morgan fingerprint density at radius 1 is 0.909 bits per heavy atom. The first kappa shape index (κ1) is 23.7. The molecule has 4 rings (SSSR count). The van der Waals surface area contributed by atoms with E-state index in [0.29, 0.717) is 12.2 Å². The molecule has 1 atom stereocenters. The monoisotopic (exact) mass is 462 g/mol.